The van der Waals surface area contributed by atoms with Gasteiger partial charge in [-0.2, -0.15) is 0 Å². The zero-order valence-corrected chi connectivity index (χ0v) is 13.1. The van der Waals surface area contributed by atoms with E-state index in [1.165, 1.54) is 12.8 Å². The van der Waals surface area contributed by atoms with Crippen LogP contribution in [0.3, 0.4) is 0 Å². The van der Waals surface area contributed by atoms with Gasteiger partial charge in [0.15, 0.2) is 0 Å². The number of terminal acetylenes is 1. The van der Waals surface area contributed by atoms with Gasteiger partial charge >= 0.3 is 0 Å². The fourth-order valence-corrected chi connectivity index (χ4v) is 3.73. The van der Waals surface area contributed by atoms with Gasteiger partial charge in [-0.05, 0) is 43.0 Å². The Labute approximate surface area is 137 Å². The Morgan fingerprint density at radius 3 is 2.70 bits per heavy atom. The van der Waals surface area contributed by atoms with Crippen LogP contribution in [-0.4, -0.2) is 35.6 Å². The quantitative estimate of drug-likeness (QED) is 0.798. The molecule has 2 unspecified atom stereocenters. The van der Waals surface area contributed by atoms with E-state index in [-0.39, 0.29) is 0 Å². The summed E-state index contributed by atoms with van der Waals surface area (Å²) >= 11 is 0. The molecule has 0 radical (unpaired) electrons. The van der Waals surface area contributed by atoms with Gasteiger partial charge in [-0.25, -0.2) is 9.97 Å². The number of pyridine rings is 2. The molecule has 23 heavy (non-hydrogen) atoms. The van der Waals surface area contributed by atoms with E-state index in [1.807, 2.05) is 24.4 Å². The first-order valence-electron chi connectivity index (χ1n) is 8.19. The lowest BCUT2D eigenvalue weighted by atomic mass is 9.95. The molecular formula is C19H20N4. The largest absolute Gasteiger partial charge is 0.354 e. The van der Waals surface area contributed by atoms with E-state index in [1.54, 1.807) is 6.20 Å². The van der Waals surface area contributed by atoms with Crippen LogP contribution in [0.2, 0.25) is 0 Å². The summed E-state index contributed by atoms with van der Waals surface area (Å²) in [6.45, 7) is 3.14. The summed E-state index contributed by atoms with van der Waals surface area (Å²) in [7, 11) is 0. The van der Waals surface area contributed by atoms with Crippen molar-refractivity contribution in [2.24, 2.45) is 5.92 Å². The van der Waals surface area contributed by atoms with E-state index in [4.69, 9.17) is 6.42 Å². The highest BCUT2D eigenvalue weighted by Gasteiger charge is 2.35. The second kappa shape index (κ2) is 5.92. The SMILES string of the molecule is C#Cc1ccc(N2CC3CCC(C2)N(c2ccccn2)C3)nc1. The molecule has 4 nitrogen and oxygen atoms in total. The Morgan fingerprint density at radius 2 is 1.96 bits per heavy atom. The summed E-state index contributed by atoms with van der Waals surface area (Å²) in [5.74, 6) is 5.42. The lowest BCUT2D eigenvalue weighted by molar-refractivity contribution is 0.405. The fraction of sp³-hybridized carbons (Fsp3) is 0.368. The minimum atomic E-state index is 0.498. The number of anilines is 2. The topological polar surface area (TPSA) is 32.3 Å². The molecule has 0 aliphatic carbocycles. The standard InChI is InChI=1S/C19H20N4/c1-2-15-7-9-18(21-11-15)22-12-16-6-8-17(14-22)23(13-16)19-5-3-4-10-20-19/h1,3-5,7,9-11,16-17H,6,8,12-14H2. The van der Waals surface area contributed by atoms with Gasteiger partial charge in [-0.15, -0.1) is 6.42 Å². The summed E-state index contributed by atoms with van der Waals surface area (Å²) in [5.41, 5.74) is 0.835. The van der Waals surface area contributed by atoms with E-state index >= 15 is 0 Å². The number of hydrogen-bond donors (Lipinski definition) is 0. The maximum absolute atomic E-state index is 5.42. The van der Waals surface area contributed by atoms with Gasteiger partial charge in [0.1, 0.15) is 11.6 Å². The highest BCUT2D eigenvalue weighted by Crippen LogP contribution is 2.32. The predicted molar refractivity (Wildman–Crippen MR) is 92.5 cm³/mol. The van der Waals surface area contributed by atoms with Crippen LogP contribution in [0.4, 0.5) is 11.6 Å². The minimum Gasteiger partial charge on any atom is -0.354 e. The van der Waals surface area contributed by atoms with Crippen LogP contribution in [0.1, 0.15) is 18.4 Å². The highest BCUT2D eigenvalue weighted by molar-refractivity contribution is 5.47. The summed E-state index contributed by atoms with van der Waals surface area (Å²) < 4.78 is 0. The van der Waals surface area contributed by atoms with Crippen molar-refractivity contribution >= 4 is 11.6 Å². The minimum absolute atomic E-state index is 0.498. The van der Waals surface area contributed by atoms with E-state index in [9.17, 15) is 0 Å². The van der Waals surface area contributed by atoms with E-state index in [0.717, 1.165) is 36.8 Å². The number of rotatable bonds is 2. The number of nitrogens with zero attached hydrogens (tertiary/aromatic N) is 4. The number of aromatic nitrogens is 2. The molecule has 0 amide bonds. The van der Waals surface area contributed by atoms with Crippen LogP contribution in [-0.2, 0) is 0 Å². The van der Waals surface area contributed by atoms with Crippen molar-refractivity contribution in [2.75, 3.05) is 29.4 Å². The molecule has 3 aliphatic rings. The van der Waals surface area contributed by atoms with Crippen molar-refractivity contribution in [3.8, 4) is 12.3 Å². The molecule has 3 aliphatic heterocycles. The molecule has 2 aromatic rings. The van der Waals surface area contributed by atoms with Crippen LogP contribution in [0.15, 0.2) is 42.7 Å². The van der Waals surface area contributed by atoms with E-state index < -0.39 is 0 Å². The molecule has 2 aromatic heterocycles. The van der Waals surface area contributed by atoms with Gasteiger partial charge in [-0.3, -0.25) is 0 Å². The Bertz CT molecular complexity index is 704. The second-order valence-corrected chi connectivity index (χ2v) is 6.39. The van der Waals surface area contributed by atoms with Crippen molar-refractivity contribution in [1.29, 1.82) is 0 Å². The highest BCUT2D eigenvalue weighted by atomic mass is 15.3. The first-order valence-corrected chi connectivity index (χ1v) is 8.19. The van der Waals surface area contributed by atoms with Crippen molar-refractivity contribution in [3.63, 3.8) is 0 Å². The van der Waals surface area contributed by atoms with Crippen LogP contribution in [0.25, 0.3) is 0 Å². The van der Waals surface area contributed by atoms with Gasteiger partial charge in [0.25, 0.3) is 0 Å². The zero-order chi connectivity index (χ0) is 15.6. The molecule has 116 valence electrons. The van der Waals surface area contributed by atoms with Crippen molar-refractivity contribution < 1.29 is 0 Å². The molecule has 0 saturated carbocycles. The van der Waals surface area contributed by atoms with Crippen LogP contribution in [0, 0.1) is 18.3 Å². The third-order valence-corrected chi connectivity index (χ3v) is 4.90. The molecular weight excluding hydrogens is 284 g/mol. The van der Waals surface area contributed by atoms with Crippen molar-refractivity contribution in [3.05, 3.63) is 48.3 Å². The van der Waals surface area contributed by atoms with E-state index in [0.29, 0.717) is 12.0 Å². The maximum atomic E-state index is 5.42. The molecule has 3 saturated heterocycles. The Hall–Kier alpha value is -2.54. The van der Waals surface area contributed by atoms with Crippen LogP contribution >= 0.6 is 0 Å². The number of fused-ring (bicyclic) bond motifs is 4. The summed E-state index contributed by atoms with van der Waals surface area (Å²) in [6.07, 6.45) is 11.6. The van der Waals surface area contributed by atoms with Crippen molar-refractivity contribution in [1.82, 2.24) is 9.97 Å². The third kappa shape index (κ3) is 2.75. The molecule has 5 rings (SSSR count). The Morgan fingerprint density at radius 1 is 1.00 bits per heavy atom. The molecule has 4 heteroatoms. The summed E-state index contributed by atoms with van der Waals surface area (Å²) in [5, 5.41) is 0. The molecule has 5 heterocycles. The van der Waals surface area contributed by atoms with Gasteiger partial charge in [0, 0.05) is 43.6 Å². The van der Waals surface area contributed by atoms with Gasteiger partial charge < -0.3 is 9.80 Å². The average molecular weight is 304 g/mol. The lowest BCUT2D eigenvalue weighted by Crippen LogP contribution is -2.44. The smallest absolute Gasteiger partial charge is 0.128 e. The Kier molecular flexibility index (Phi) is 3.63. The normalized spacial score (nSPS) is 23.4. The summed E-state index contributed by atoms with van der Waals surface area (Å²) in [4.78, 5) is 14.0. The molecule has 3 fully saturated rings. The molecule has 2 bridgehead atoms. The second-order valence-electron chi connectivity index (χ2n) is 6.39. The first kappa shape index (κ1) is 14.1. The van der Waals surface area contributed by atoms with Crippen molar-refractivity contribution in [2.45, 2.75) is 18.9 Å². The third-order valence-electron chi connectivity index (χ3n) is 4.90. The zero-order valence-electron chi connectivity index (χ0n) is 13.1. The lowest BCUT2D eigenvalue weighted by Gasteiger charge is -2.36. The van der Waals surface area contributed by atoms with Gasteiger partial charge in [0.2, 0.25) is 0 Å². The molecule has 0 aromatic carbocycles. The van der Waals surface area contributed by atoms with Crippen LogP contribution in [0.5, 0.6) is 0 Å². The maximum Gasteiger partial charge on any atom is 0.128 e. The van der Waals surface area contributed by atoms with Gasteiger partial charge in [-0.1, -0.05) is 12.0 Å². The first-order chi connectivity index (χ1) is 11.3. The average Bonchev–Trinajstić information content (AvgIpc) is 2.94. The van der Waals surface area contributed by atoms with E-state index in [2.05, 4.69) is 37.8 Å². The Balaban J connectivity index is 1.58. The number of piperidine rings is 1. The predicted octanol–water partition coefficient (Wildman–Crippen LogP) is 2.56. The molecule has 0 N–H and O–H groups in total. The monoisotopic (exact) mass is 304 g/mol. The number of hydrogen-bond acceptors (Lipinski definition) is 4. The molecule has 2 atom stereocenters. The van der Waals surface area contributed by atoms with Crippen LogP contribution < -0.4 is 9.80 Å². The summed E-state index contributed by atoms with van der Waals surface area (Å²) in [6, 6.07) is 10.7. The fourth-order valence-electron chi connectivity index (χ4n) is 3.73. The van der Waals surface area contributed by atoms with Gasteiger partial charge in [0.05, 0.1) is 0 Å². The molecule has 0 spiro atoms.